The summed E-state index contributed by atoms with van der Waals surface area (Å²) in [5.74, 6) is 0. The zero-order valence-corrected chi connectivity index (χ0v) is 19.1. The molecule has 2 heteroatoms. The van der Waals surface area contributed by atoms with Crippen molar-refractivity contribution in [2.45, 2.75) is 55.4 Å². The Labute approximate surface area is 173 Å². The van der Waals surface area contributed by atoms with Crippen molar-refractivity contribution in [1.82, 2.24) is 0 Å². The van der Waals surface area contributed by atoms with E-state index in [1.807, 2.05) is 104 Å². The van der Waals surface area contributed by atoms with E-state index in [9.17, 15) is 0 Å². The lowest BCUT2D eigenvalue weighted by atomic mass is 10.1. The van der Waals surface area contributed by atoms with Crippen molar-refractivity contribution in [1.29, 1.82) is 10.7 Å². The van der Waals surface area contributed by atoms with Crippen molar-refractivity contribution < 1.29 is 0 Å². The smallest absolute Gasteiger partial charge is 0.0991 e. The van der Waals surface area contributed by atoms with E-state index in [0.29, 0.717) is 0 Å². The molecule has 0 bridgehead atoms. The Morgan fingerprint density at radius 2 is 1.32 bits per heavy atom. The predicted octanol–water partition coefficient (Wildman–Crippen LogP) is 8.14. The van der Waals surface area contributed by atoms with Gasteiger partial charge in [0, 0.05) is 6.21 Å². The summed E-state index contributed by atoms with van der Waals surface area (Å²) in [6, 6.07) is 9.54. The third-order valence-corrected chi connectivity index (χ3v) is 3.60. The number of hydrogen-bond acceptors (Lipinski definition) is 2. The van der Waals surface area contributed by atoms with Gasteiger partial charge in [-0.2, -0.15) is 5.26 Å². The molecule has 0 spiro atoms. The first-order valence-electron chi connectivity index (χ1n) is 9.30. The van der Waals surface area contributed by atoms with E-state index in [1.54, 1.807) is 0 Å². The number of rotatable bonds is 3. The van der Waals surface area contributed by atoms with Crippen LogP contribution in [0.5, 0.6) is 0 Å². The van der Waals surface area contributed by atoms with Crippen LogP contribution >= 0.6 is 0 Å². The molecular weight excluding hydrogens is 340 g/mol. The van der Waals surface area contributed by atoms with Gasteiger partial charge in [0.05, 0.1) is 11.6 Å². The largest absolute Gasteiger partial charge is 0.308 e. The maximum Gasteiger partial charge on any atom is 0.0991 e. The summed E-state index contributed by atoms with van der Waals surface area (Å²) in [6.07, 6.45) is 9.30. The minimum absolute atomic E-state index is 0.723. The Morgan fingerprint density at radius 3 is 1.50 bits per heavy atom. The summed E-state index contributed by atoms with van der Waals surface area (Å²) in [5.41, 5.74) is 6.20. The van der Waals surface area contributed by atoms with Crippen molar-refractivity contribution in [2.24, 2.45) is 0 Å². The Kier molecular flexibility index (Phi) is 21.7. The van der Waals surface area contributed by atoms with E-state index >= 15 is 0 Å². The molecule has 0 heterocycles. The van der Waals surface area contributed by atoms with E-state index in [0.717, 1.165) is 27.9 Å². The van der Waals surface area contributed by atoms with Gasteiger partial charge in [-0.05, 0) is 78.7 Å². The van der Waals surface area contributed by atoms with Crippen LogP contribution in [-0.4, -0.2) is 6.21 Å². The molecule has 0 saturated heterocycles. The highest BCUT2D eigenvalue weighted by Gasteiger charge is 1.89. The van der Waals surface area contributed by atoms with Crippen LogP contribution in [0.2, 0.25) is 0 Å². The quantitative estimate of drug-likeness (QED) is 0.322. The molecule has 152 valence electrons. The molecule has 0 unspecified atom stereocenters. The molecule has 28 heavy (non-hydrogen) atoms. The number of benzene rings is 1. The molecule has 0 aliphatic heterocycles. The van der Waals surface area contributed by atoms with E-state index in [-0.39, 0.29) is 0 Å². The lowest BCUT2D eigenvalue weighted by Crippen LogP contribution is -1.83. The molecule has 0 saturated carbocycles. The average molecular weight is 379 g/mol. The maximum atomic E-state index is 8.38. The van der Waals surface area contributed by atoms with Gasteiger partial charge >= 0.3 is 0 Å². The van der Waals surface area contributed by atoms with Gasteiger partial charge in [-0.3, -0.25) is 0 Å². The Morgan fingerprint density at radius 1 is 0.893 bits per heavy atom. The van der Waals surface area contributed by atoms with E-state index in [4.69, 9.17) is 10.7 Å². The second-order valence-corrected chi connectivity index (χ2v) is 6.07. The lowest BCUT2D eigenvalue weighted by Gasteiger charge is -1.96. The van der Waals surface area contributed by atoms with Crippen molar-refractivity contribution in [3.05, 3.63) is 95.1 Å². The number of nitriles is 1. The highest BCUT2D eigenvalue weighted by molar-refractivity contribution is 5.81. The number of nitrogens with zero attached hydrogens (tertiary/aromatic N) is 1. The van der Waals surface area contributed by atoms with Crippen LogP contribution in [-0.2, 0) is 0 Å². The molecule has 1 N–H and O–H groups in total. The SMILES string of the molecule is C/C=C(C=N)/C(C)=C/C.C/C=C\C.C=C(C)C(=C)C.Cc1ccc(C#N)cc1. The van der Waals surface area contributed by atoms with Gasteiger partial charge < -0.3 is 5.41 Å². The van der Waals surface area contributed by atoms with Crippen LogP contribution in [0.25, 0.3) is 0 Å². The molecule has 0 aliphatic carbocycles. The summed E-state index contributed by atoms with van der Waals surface area (Å²) in [7, 11) is 0. The highest BCUT2D eigenvalue weighted by Crippen LogP contribution is 2.04. The van der Waals surface area contributed by atoms with E-state index in [2.05, 4.69) is 19.2 Å². The first-order valence-corrected chi connectivity index (χ1v) is 9.30. The van der Waals surface area contributed by atoms with Gasteiger partial charge in [0.2, 0.25) is 0 Å². The molecule has 0 aromatic heterocycles. The molecule has 1 aromatic rings. The third-order valence-electron chi connectivity index (χ3n) is 3.60. The Balaban J connectivity index is -0.000000312. The second-order valence-electron chi connectivity index (χ2n) is 6.07. The summed E-state index contributed by atoms with van der Waals surface area (Å²) in [6.45, 7) is 23.1. The molecule has 0 atom stereocenters. The average Bonchev–Trinajstić information content (AvgIpc) is 2.70. The zero-order valence-electron chi connectivity index (χ0n) is 19.1. The van der Waals surface area contributed by atoms with Crippen LogP contribution in [0, 0.1) is 23.7 Å². The topological polar surface area (TPSA) is 47.6 Å². The fourth-order valence-electron chi connectivity index (χ4n) is 1.22. The van der Waals surface area contributed by atoms with Crippen LogP contribution in [0.3, 0.4) is 0 Å². The van der Waals surface area contributed by atoms with Gasteiger partial charge in [-0.15, -0.1) is 0 Å². The van der Waals surface area contributed by atoms with Crippen molar-refractivity contribution in [3.8, 4) is 6.07 Å². The van der Waals surface area contributed by atoms with Crippen LogP contribution in [0.15, 0.2) is 84.0 Å². The minimum Gasteiger partial charge on any atom is -0.308 e. The van der Waals surface area contributed by atoms with Crippen molar-refractivity contribution in [2.75, 3.05) is 0 Å². The van der Waals surface area contributed by atoms with Gasteiger partial charge in [0.25, 0.3) is 0 Å². The molecular formula is C26H38N2. The third kappa shape index (κ3) is 19.4. The Hall–Kier alpha value is -2.92. The molecule has 0 fully saturated rings. The molecule has 0 radical (unpaired) electrons. The first kappa shape index (κ1) is 29.8. The van der Waals surface area contributed by atoms with E-state index < -0.39 is 0 Å². The summed E-state index contributed by atoms with van der Waals surface area (Å²) in [5, 5.41) is 15.3. The molecule has 0 aliphatic rings. The zero-order chi connectivity index (χ0) is 22.5. The Bertz CT molecular complexity index is 690. The summed E-state index contributed by atoms with van der Waals surface area (Å²) in [4.78, 5) is 0. The fraction of sp³-hybridized carbons (Fsp3) is 0.308. The predicted molar refractivity (Wildman–Crippen MR) is 128 cm³/mol. The van der Waals surface area contributed by atoms with Crippen LogP contribution in [0.1, 0.15) is 59.6 Å². The lowest BCUT2D eigenvalue weighted by molar-refractivity contribution is 1.39. The first-order chi connectivity index (χ1) is 13.1. The number of allylic oxidation sites excluding steroid dienone is 8. The van der Waals surface area contributed by atoms with Crippen LogP contribution < -0.4 is 0 Å². The van der Waals surface area contributed by atoms with Gasteiger partial charge in [-0.1, -0.05) is 66.3 Å². The standard InChI is InChI=1S/C8H7N.C8H13N.C6H10.C4H8/c1-7-2-4-8(6-9)5-3-7;1-4-7(3)8(5-2)6-9;1-5(2)6(3)4;1-3-4-2/h2-5H,1H3;4-6,9H,1-3H3;1,3H2,2,4H3;3-4H,1-2H3/b;7-4+,8-5+,9-6?;;4-3-. The van der Waals surface area contributed by atoms with Crippen molar-refractivity contribution in [3.63, 3.8) is 0 Å². The second kappa shape index (κ2) is 20.4. The summed E-state index contributed by atoms with van der Waals surface area (Å²) >= 11 is 0. The number of aryl methyl sites for hydroxylation is 1. The van der Waals surface area contributed by atoms with E-state index in [1.165, 1.54) is 11.8 Å². The highest BCUT2D eigenvalue weighted by atomic mass is 14.3. The molecule has 2 nitrogen and oxygen atoms in total. The minimum atomic E-state index is 0.723. The van der Waals surface area contributed by atoms with Gasteiger partial charge in [0.1, 0.15) is 0 Å². The normalized spacial score (nSPS) is 10.1. The van der Waals surface area contributed by atoms with Crippen LogP contribution in [0.4, 0.5) is 0 Å². The number of nitrogens with one attached hydrogen (secondary N) is 1. The fourth-order valence-corrected chi connectivity index (χ4v) is 1.22. The molecule has 0 amide bonds. The van der Waals surface area contributed by atoms with Crippen molar-refractivity contribution >= 4 is 6.21 Å². The number of hydrogen-bond donors (Lipinski definition) is 1. The maximum absolute atomic E-state index is 8.38. The molecule has 1 aromatic carbocycles. The van der Waals surface area contributed by atoms with Gasteiger partial charge in [-0.25, -0.2) is 0 Å². The monoisotopic (exact) mass is 378 g/mol. The van der Waals surface area contributed by atoms with Gasteiger partial charge in [0.15, 0.2) is 0 Å². The summed E-state index contributed by atoms with van der Waals surface area (Å²) < 4.78 is 0. The molecule has 1 rings (SSSR count).